The maximum Gasteiger partial charge on any atom is 0.237 e. The van der Waals surface area contributed by atoms with Crippen LogP contribution in [0.2, 0.25) is 0 Å². The summed E-state index contributed by atoms with van der Waals surface area (Å²) in [6.07, 6.45) is 6.09. The first kappa shape index (κ1) is 11.2. The van der Waals surface area contributed by atoms with Crippen LogP contribution in [0.4, 0.5) is 0 Å². The third-order valence-electron chi connectivity index (χ3n) is 2.62. The Hall–Kier alpha value is -1.29. The maximum atomic E-state index is 11.9. The minimum Gasteiger partial charge on any atom is -0.329 e. The number of allylic oxidation sites excluding steroid dienone is 1. The largest absolute Gasteiger partial charge is 0.329 e. The molecular weight excluding hydrogens is 220 g/mol. The van der Waals surface area contributed by atoms with E-state index in [9.17, 15) is 4.79 Å². The summed E-state index contributed by atoms with van der Waals surface area (Å²) in [5.74, 6) is 0.179. The van der Waals surface area contributed by atoms with E-state index >= 15 is 0 Å². The number of nitrogens with zero attached hydrogens (tertiary/aromatic N) is 2. The van der Waals surface area contributed by atoms with E-state index in [2.05, 4.69) is 11.6 Å². The van der Waals surface area contributed by atoms with Gasteiger partial charge in [0.05, 0.1) is 5.25 Å². The average Bonchev–Trinajstić information content (AvgIpc) is 2.59. The molecule has 3 nitrogen and oxygen atoms in total. The average molecular weight is 234 g/mol. The Morgan fingerprint density at radius 2 is 2.50 bits per heavy atom. The number of pyridine rings is 1. The summed E-state index contributed by atoms with van der Waals surface area (Å²) in [6.45, 7) is 3.69. The fourth-order valence-corrected chi connectivity index (χ4v) is 3.20. The van der Waals surface area contributed by atoms with E-state index in [-0.39, 0.29) is 16.5 Å². The Morgan fingerprint density at radius 3 is 3.12 bits per heavy atom. The lowest BCUT2D eigenvalue weighted by Crippen LogP contribution is -2.26. The standard InChI is InChI=1S/C12H14N2OS/c1-3-5-10-11(15)14(2)12(16-10)9-6-4-7-13-8-9/h3-4,6-8,10,12H,1,5H2,2H3/t10-,12-/m0/s1. The number of amides is 1. The molecule has 0 radical (unpaired) electrons. The molecular formula is C12H14N2OS. The highest BCUT2D eigenvalue weighted by Gasteiger charge is 2.37. The highest BCUT2D eigenvalue weighted by molar-refractivity contribution is 8.01. The molecule has 2 heterocycles. The van der Waals surface area contributed by atoms with Crippen LogP contribution in [0, 0.1) is 0 Å². The van der Waals surface area contributed by atoms with Crippen LogP contribution < -0.4 is 0 Å². The van der Waals surface area contributed by atoms with Crippen molar-refractivity contribution in [3.05, 3.63) is 42.7 Å². The first-order valence-corrected chi connectivity index (χ1v) is 6.11. The third-order valence-corrected chi connectivity index (χ3v) is 4.19. The van der Waals surface area contributed by atoms with E-state index in [1.54, 1.807) is 28.9 Å². The molecule has 4 heteroatoms. The molecule has 16 heavy (non-hydrogen) atoms. The second kappa shape index (κ2) is 4.70. The van der Waals surface area contributed by atoms with Crippen LogP contribution in [-0.2, 0) is 4.79 Å². The Kier molecular flexibility index (Phi) is 3.29. The van der Waals surface area contributed by atoms with Gasteiger partial charge in [0.15, 0.2) is 0 Å². The van der Waals surface area contributed by atoms with Gasteiger partial charge in [-0.15, -0.1) is 18.3 Å². The molecule has 84 valence electrons. The summed E-state index contributed by atoms with van der Waals surface area (Å²) >= 11 is 1.67. The summed E-state index contributed by atoms with van der Waals surface area (Å²) in [5, 5.41) is 0.0962. The van der Waals surface area contributed by atoms with Crippen molar-refractivity contribution in [2.45, 2.75) is 17.0 Å². The molecule has 1 aromatic rings. The third kappa shape index (κ3) is 1.97. The van der Waals surface area contributed by atoms with Gasteiger partial charge in [0.1, 0.15) is 5.37 Å². The molecule has 1 aliphatic rings. The number of hydrogen-bond donors (Lipinski definition) is 0. The van der Waals surface area contributed by atoms with Crippen molar-refractivity contribution in [3.63, 3.8) is 0 Å². The predicted octanol–water partition coefficient (Wildman–Crippen LogP) is 2.23. The van der Waals surface area contributed by atoms with Crippen molar-refractivity contribution >= 4 is 17.7 Å². The smallest absolute Gasteiger partial charge is 0.237 e. The van der Waals surface area contributed by atoms with Gasteiger partial charge in [-0.05, 0) is 12.5 Å². The van der Waals surface area contributed by atoms with Crippen LogP contribution in [0.15, 0.2) is 37.2 Å². The molecule has 1 aromatic heterocycles. The first-order chi connectivity index (χ1) is 7.74. The zero-order valence-electron chi connectivity index (χ0n) is 9.17. The molecule has 0 bridgehead atoms. The van der Waals surface area contributed by atoms with E-state index in [0.29, 0.717) is 0 Å². The van der Waals surface area contributed by atoms with E-state index < -0.39 is 0 Å². The van der Waals surface area contributed by atoms with Crippen molar-refractivity contribution in [2.24, 2.45) is 0 Å². The van der Waals surface area contributed by atoms with Crippen molar-refractivity contribution in [1.82, 2.24) is 9.88 Å². The molecule has 1 fully saturated rings. The molecule has 1 amide bonds. The molecule has 0 aliphatic carbocycles. The van der Waals surface area contributed by atoms with Gasteiger partial charge in [0.2, 0.25) is 5.91 Å². The van der Waals surface area contributed by atoms with Crippen LogP contribution in [-0.4, -0.2) is 28.1 Å². The van der Waals surface area contributed by atoms with Gasteiger partial charge < -0.3 is 4.90 Å². The Labute approximate surface area is 99.6 Å². The molecule has 0 unspecified atom stereocenters. The molecule has 1 aliphatic heterocycles. The molecule has 0 spiro atoms. The molecule has 1 saturated heterocycles. The monoisotopic (exact) mass is 234 g/mol. The second-order valence-electron chi connectivity index (χ2n) is 3.74. The number of rotatable bonds is 3. The maximum absolute atomic E-state index is 11.9. The van der Waals surface area contributed by atoms with Gasteiger partial charge in [0, 0.05) is 25.0 Å². The summed E-state index contributed by atoms with van der Waals surface area (Å²) in [6, 6.07) is 3.90. The van der Waals surface area contributed by atoms with Crippen LogP contribution in [0.3, 0.4) is 0 Å². The molecule has 0 aromatic carbocycles. The van der Waals surface area contributed by atoms with Crippen molar-refractivity contribution in [1.29, 1.82) is 0 Å². The topological polar surface area (TPSA) is 33.2 Å². The fourth-order valence-electron chi connectivity index (χ4n) is 1.78. The van der Waals surface area contributed by atoms with Crippen LogP contribution in [0.1, 0.15) is 17.4 Å². The molecule has 2 atom stereocenters. The molecule has 2 rings (SSSR count). The van der Waals surface area contributed by atoms with Crippen LogP contribution >= 0.6 is 11.8 Å². The number of carbonyl (C=O) groups is 1. The molecule has 0 N–H and O–H groups in total. The van der Waals surface area contributed by atoms with E-state index in [1.165, 1.54) is 0 Å². The van der Waals surface area contributed by atoms with Crippen molar-refractivity contribution in [3.8, 4) is 0 Å². The lowest BCUT2D eigenvalue weighted by atomic mass is 10.2. The van der Waals surface area contributed by atoms with Gasteiger partial charge in [-0.25, -0.2) is 0 Å². The summed E-state index contributed by atoms with van der Waals surface area (Å²) in [4.78, 5) is 17.8. The van der Waals surface area contributed by atoms with Crippen molar-refractivity contribution < 1.29 is 4.79 Å². The van der Waals surface area contributed by atoms with E-state index in [1.807, 2.05) is 25.4 Å². The summed E-state index contributed by atoms with van der Waals surface area (Å²) < 4.78 is 0. The van der Waals surface area contributed by atoms with Crippen molar-refractivity contribution in [2.75, 3.05) is 7.05 Å². The Bertz CT molecular complexity index is 393. The highest BCUT2D eigenvalue weighted by atomic mass is 32.2. The summed E-state index contributed by atoms with van der Waals surface area (Å²) in [5.41, 5.74) is 1.08. The first-order valence-electron chi connectivity index (χ1n) is 5.17. The summed E-state index contributed by atoms with van der Waals surface area (Å²) in [7, 11) is 1.84. The van der Waals surface area contributed by atoms with Gasteiger partial charge in [-0.3, -0.25) is 9.78 Å². The van der Waals surface area contributed by atoms with Gasteiger partial charge >= 0.3 is 0 Å². The van der Waals surface area contributed by atoms with Gasteiger partial charge in [0.25, 0.3) is 0 Å². The van der Waals surface area contributed by atoms with E-state index in [4.69, 9.17) is 0 Å². The normalized spacial score (nSPS) is 24.8. The molecule has 0 saturated carbocycles. The lowest BCUT2D eigenvalue weighted by Gasteiger charge is -2.18. The predicted molar refractivity (Wildman–Crippen MR) is 65.9 cm³/mol. The number of thioether (sulfide) groups is 1. The Balaban J connectivity index is 2.19. The number of carbonyl (C=O) groups excluding carboxylic acids is 1. The van der Waals surface area contributed by atoms with Crippen LogP contribution in [0.5, 0.6) is 0 Å². The van der Waals surface area contributed by atoms with Gasteiger partial charge in [-0.2, -0.15) is 0 Å². The minimum absolute atomic E-state index is 0.00714. The minimum atomic E-state index is 0.00714. The lowest BCUT2D eigenvalue weighted by molar-refractivity contribution is -0.128. The highest BCUT2D eigenvalue weighted by Crippen LogP contribution is 2.42. The van der Waals surface area contributed by atoms with E-state index in [0.717, 1.165) is 12.0 Å². The zero-order chi connectivity index (χ0) is 11.5. The Morgan fingerprint density at radius 1 is 1.69 bits per heavy atom. The zero-order valence-corrected chi connectivity index (χ0v) is 9.98. The quantitative estimate of drug-likeness (QED) is 0.752. The number of aromatic nitrogens is 1. The van der Waals surface area contributed by atoms with Crippen LogP contribution in [0.25, 0.3) is 0 Å². The second-order valence-corrected chi connectivity index (χ2v) is 5.02. The SMILES string of the molecule is C=CC[C@@H]1S[C@@H](c2cccnc2)N(C)C1=O. The van der Waals surface area contributed by atoms with Gasteiger partial charge in [-0.1, -0.05) is 12.1 Å². The number of hydrogen-bond acceptors (Lipinski definition) is 3. The fraction of sp³-hybridized carbons (Fsp3) is 0.333.